The van der Waals surface area contributed by atoms with Crippen LogP contribution >= 0.6 is 15.9 Å². The van der Waals surface area contributed by atoms with E-state index >= 15 is 0 Å². The summed E-state index contributed by atoms with van der Waals surface area (Å²) in [6.07, 6.45) is 1.61. The number of aromatic nitrogens is 1. The number of carbonyl (C=O) groups excluding carboxylic acids is 1. The molecule has 0 fully saturated rings. The molecule has 1 aromatic rings. The molecule has 0 bridgehead atoms. The second-order valence-corrected chi connectivity index (χ2v) is 4.95. The fourth-order valence-corrected chi connectivity index (χ4v) is 1.94. The van der Waals surface area contributed by atoms with Gasteiger partial charge in [0.2, 0.25) is 0 Å². The van der Waals surface area contributed by atoms with E-state index in [1.54, 1.807) is 19.2 Å². The third kappa shape index (κ3) is 3.43. The Morgan fingerprint density at radius 3 is 2.65 bits per heavy atom. The summed E-state index contributed by atoms with van der Waals surface area (Å²) in [6.45, 7) is 5.83. The van der Waals surface area contributed by atoms with Gasteiger partial charge in [-0.15, -0.1) is 0 Å². The summed E-state index contributed by atoms with van der Waals surface area (Å²) < 4.78 is 7.10. The molecule has 4 nitrogen and oxygen atoms in total. The van der Waals surface area contributed by atoms with Crippen LogP contribution in [0, 0.1) is 5.92 Å². The van der Waals surface area contributed by atoms with Gasteiger partial charge >= 0.3 is 5.97 Å². The van der Waals surface area contributed by atoms with Crippen molar-refractivity contribution in [3.05, 3.63) is 33.2 Å². The molecule has 0 saturated carbocycles. The molecule has 0 saturated heterocycles. The number of rotatable bonds is 4. The van der Waals surface area contributed by atoms with Gasteiger partial charge in [-0.05, 0) is 18.9 Å². The lowest BCUT2D eigenvalue weighted by atomic mass is 10.0. The zero-order valence-electron chi connectivity index (χ0n) is 10.1. The molecule has 0 aromatic carbocycles. The van der Waals surface area contributed by atoms with Gasteiger partial charge in [0.15, 0.2) is 0 Å². The van der Waals surface area contributed by atoms with E-state index in [9.17, 15) is 9.59 Å². The lowest BCUT2D eigenvalue weighted by Gasteiger charge is -2.21. The van der Waals surface area contributed by atoms with E-state index in [0.29, 0.717) is 11.1 Å². The molecule has 1 aromatic heterocycles. The molecule has 0 aliphatic carbocycles. The molecule has 0 aliphatic heterocycles. The number of nitrogens with zero attached hydrogens (tertiary/aromatic N) is 1. The van der Waals surface area contributed by atoms with Crippen LogP contribution < -0.4 is 5.56 Å². The fraction of sp³-hybridized carbons (Fsp3) is 0.500. The molecule has 0 N–H and O–H groups in total. The van der Waals surface area contributed by atoms with Gasteiger partial charge < -0.3 is 9.30 Å². The van der Waals surface area contributed by atoms with Crippen molar-refractivity contribution in [2.45, 2.75) is 26.8 Å². The van der Waals surface area contributed by atoms with Crippen LogP contribution in [0.5, 0.6) is 0 Å². The zero-order chi connectivity index (χ0) is 13.0. The maximum absolute atomic E-state index is 11.8. The summed E-state index contributed by atoms with van der Waals surface area (Å²) >= 11 is 3.22. The molecular formula is C12H16BrNO3. The molecule has 0 spiro atoms. The second kappa shape index (κ2) is 6.00. The molecule has 1 rings (SSSR count). The number of hydrogen-bond acceptors (Lipinski definition) is 3. The first-order valence-electron chi connectivity index (χ1n) is 5.51. The zero-order valence-corrected chi connectivity index (χ0v) is 11.7. The second-order valence-electron chi connectivity index (χ2n) is 4.03. The minimum absolute atomic E-state index is 0.00655. The Morgan fingerprint density at radius 1 is 1.53 bits per heavy atom. The predicted octanol–water partition coefficient (Wildman–Crippen LogP) is 2.37. The molecular weight excluding hydrogens is 286 g/mol. The number of hydrogen-bond donors (Lipinski definition) is 0. The van der Waals surface area contributed by atoms with Crippen LogP contribution in [0.25, 0.3) is 0 Å². The minimum Gasteiger partial charge on any atom is -0.464 e. The van der Waals surface area contributed by atoms with E-state index in [1.807, 2.05) is 13.8 Å². The van der Waals surface area contributed by atoms with Crippen LogP contribution in [0.3, 0.4) is 0 Å². The highest BCUT2D eigenvalue weighted by Crippen LogP contribution is 2.18. The van der Waals surface area contributed by atoms with Crippen molar-refractivity contribution in [3.63, 3.8) is 0 Å². The van der Waals surface area contributed by atoms with Crippen LogP contribution in [0.1, 0.15) is 26.8 Å². The van der Waals surface area contributed by atoms with Crippen molar-refractivity contribution in [1.29, 1.82) is 0 Å². The van der Waals surface area contributed by atoms with Crippen LogP contribution in [-0.2, 0) is 9.53 Å². The van der Waals surface area contributed by atoms with Gasteiger partial charge in [0.1, 0.15) is 6.04 Å². The highest BCUT2D eigenvalue weighted by atomic mass is 79.9. The number of carbonyl (C=O) groups is 1. The van der Waals surface area contributed by atoms with E-state index in [0.717, 1.165) is 0 Å². The van der Waals surface area contributed by atoms with Gasteiger partial charge in [-0.3, -0.25) is 4.79 Å². The van der Waals surface area contributed by atoms with Gasteiger partial charge in [0, 0.05) is 16.7 Å². The van der Waals surface area contributed by atoms with Crippen molar-refractivity contribution >= 4 is 21.9 Å². The predicted molar refractivity (Wildman–Crippen MR) is 68.9 cm³/mol. The van der Waals surface area contributed by atoms with E-state index in [4.69, 9.17) is 4.74 Å². The first kappa shape index (κ1) is 14.0. The average molecular weight is 302 g/mol. The largest absolute Gasteiger partial charge is 0.464 e. The Balaban J connectivity index is 3.14. The van der Waals surface area contributed by atoms with Gasteiger partial charge in [0.05, 0.1) is 6.61 Å². The van der Waals surface area contributed by atoms with Crippen molar-refractivity contribution in [1.82, 2.24) is 4.57 Å². The molecule has 94 valence electrons. The van der Waals surface area contributed by atoms with Crippen LogP contribution in [0.4, 0.5) is 0 Å². The van der Waals surface area contributed by atoms with Crippen LogP contribution in [-0.4, -0.2) is 17.1 Å². The molecule has 1 unspecified atom stereocenters. The Kier molecular flexibility index (Phi) is 4.93. The monoisotopic (exact) mass is 301 g/mol. The highest BCUT2D eigenvalue weighted by Gasteiger charge is 2.25. The third-order valence-electron chi connectivity index (χ3n) is 2.37. The van der Waals surface area contributed by atoms with E-state index in [2.05, 4.69) is 15.9 Å². The molecule has 1 heterocycles. The van der Waals surface area contributed by atoms with Crippen LogP contribution in [0.15, 0.2) is 27.6 Å². The van der Waals surface area contributed by atoms with Gasteiger partial charge in [0.25, 0.3) is 5.56 Å². The number of ether oxygens (including phenoxy) is 1. The number of esters is 1. The van der Waals surface area contributed by atoms with E-state index in [-0.39, 0.29) is 17.4 Å². The maximum atomic E-state index is 11.8. The minimum atomic E-state index is -0.574. The van der Waals surface area contributed by atoms with Gasteiger partial charge in [-0.1, -0.05) is 29.8 Å². The lowest BCUT2D eigenvalue weighted by Crippen LogP contribution is -2.33. The van der Waals surface area contributed by atoms with Gasteiger partial charge in [-0.25, -0.2) is 4.79 Å². The fourth-order valence-electron chi connectivity index (χ4n) is 1.63. The molecule has 0 aliphatic rings. The summed E-state index contributed by atoms with van der Waals surface area (Å²) in [5, 5.41) is 0. The smallest absolute Gasteiger partial charge is 0.329 e. The average Bonchev–Trinajstić information content (AvgIpc) is 2.21. The lowest BCUT2D eigenvalue weighted by molar-refractivity contribution is -0.148. The van der Waals surface area contributed by atoms with Gasteiger partial charge in [-0.2, -0.15) is 0 Å². The topological polar surface area (TPSA) is 48.3 Å². The Hall–Kier alpha value is -1.10. The van der Waals surface area contributed by atoms with E-state index in [1.165, 1.54) is 10.6 Å². The summed E-state index contributed by atoms with van der Waals surface area (Å²) in [6, 6.07) is 2.60. The van der Waals surface area contributed by atoms with Crippen molar-refractivity contribution in [2.24, 2.45) is 5.92 Å². The highest BCUT2D eigenvalue weighted by molar-refractivity contribution is 9.10. The summed E-state index contributed by atoms with van der Waals surface area (Å²) in [5.41, 5.74) is -0.217. The van der Waals surface area contributed by atoms with Crippen LogP contribution in [0.2, 0.25) is 0 Å². The molecule has 0 amide bonds. The summed E-state index contributed by atoms with van der Waals surface area (Å²) in [7, 11) is 0. The number of pyridine rings is 1. The first-order chi connectivity index (χ1) is 7.97. The maximum Gasteiger partial charge on any atom is 0.329 e. The Bertz CT molecular complexity index is 453. The SMILES string of the molecule is CCOC(=O)C(C(C)C)n1ccc(Br)cc1=O. The normalized spacial score (nSPS) is 12.5. The third-order valence-corrected chi connectivity index (χ3v) is 2.86. The van der Waals surface area contributed by atoms with Crippen molar-refractivity contribution in [3.8, 4) is 0 Å². The first-order valence-corrected chi connectivity index (χ1v) is 6.31. The Morgan fingerprint density at radius 2 is 2.18 bits per heavy atom. The molecule has 1 atom stereocenters. The summed E-state index contributed by atoms with van der Waals surface area (Å²) in [5.74, 6) is -0.375. The summed E-state index contributed by atoms with van der Waals surface area (Å²) in [4.78, 5) is 23.6. The quantitative estimate of drug-likeness (QED) is 0.802. The Labute approximate surface area is 109 Å². The van der Waals surface area contributed by atoms with Crippen molar-refractivity contribution in [2.75, 3.05) is 6.61 Å². The number of halogens is 1. The standard InChI is InChI=1S/C12H16BrNO3/c1-4-17-12(16)11(8(2)3)14-6-5-9(13)7-10(14)15/h5-8,11H,4H2,1-3H3. The molecule has 0 radical (unpaired) electrons. The van der Waals surface area contributed by atoms with E-state index < -0.39 is 6.04 Å². The van der Waals surface area contributed by atoms with Crippen molar-refractivity contribution < 1.29 is 9.53 Å². The molecule has 17 heavy (non-hydrogen) atoms. The molecule has 5 heteroatoms.